The Bertz CT molecular complexity index is 2310. The fraction of sp³-hybridized carbons (Fsp3) is 0.0233. The third kappa shape index (κ3) is 3.93. The predicted molar refractivity (Wildman–Crippen MR) is 192 cm³/mol. The summed E-state index contributed by atoms with van der Waals surface area (Å²) in [5.74, 6) is 0. The van der Waals surface area contributed by atoms with E-state index in [4.69, 9.17) is 0 Å². The molecule has 0 bridgehead atoms. The molecule has 0 atom stereocenters. The van der Waals surface area contributed by atoms with E-state index in [2.05, 4.69) is 175 Å². The Labute approximate surface area is 267 Å². The largest absolute Gasteiger partial charge is 0.355 e. The summed E-state index contributed by atoms with van der Waals surface area (Å²) in [7, 11) is 0. The van der Waals surface area contributed by atoms with Gasteiger partial charge >= 0.3 is 0 Å². The van der Waals surface area contributed by atoms with Crippen molar-refractivity contribution in [3.8, 4) is 22.3 Å². The van der Waals surface area contributed by atoms with Crippen molar-refractivity contribution in [1.82, 2.24) is 0 Å². The molecule has 7 aromatic carbocycles. The number of hydrogen-bond acceptors (Lipinski definition) is 2. The Morgan fingerprint density at radius 2 is 1.02 bits per heavy atom. The van der Waals surface area contributed by atoms with Crippen LogP contribution in [0, 0.1) is 0 Å². The van der Waals surface area contributed by atoms with Gasteiger partial charge in [-0.3, -0.25) is 0 Å². The van der Waals surface area contributed by atoms with Gasteiger partial charge in [0, 0.05) is 37.1 Å². The van der Waals surface area contributed by atoms with Crippen molar-refractivity contribution in [2.75, 3.05) is 5.32 Å². The number of benzene rings is 7. The van der Waals surface area contributed by atoms with Gasteiger partial charge in [0.2, 0.25) is 0 Å². The lowest BCUT2D eigenvalue weighted by Gasteiger charge is -2.34. The van der Waals surface area contributed by atoms with Gasteiger partial charge < -0.3 is 5.32 Å². The number of fused-ring (bicyclic) bond motifs is 6. The monoisotopic (exact) mass is 591 g/mol. The molecule has 45 heavy (non-hydrogen) atoms. The van der Waals surface area contributed by atoms with Crippen LogP contribution in [-0.4, -0.2) is 0 Å². The number of thiophene rings is 1. The Hall–Kier alpha value is -5.44. The van der Waals surface area contributed by atoms with Gasteiger partial charge in [0.25, 0.3) is 0 Å². The van der Waals surface area contributed by atoms with Crippen molar-refractivity contribution < 1.29 is 0 Å². The summed E-state index contributed by atoms with van der Waals surface area (Å²) in [6.45, 7) is 0. The van der Waals surface area contributed by atoms with Crippen LogP contribution in [0.1, 0.15) is 22.3 Å². The quantitative estimate of drug-likeness (QED) is 0.210. The van der Waals surface area contributed by atoms with Gasteiger partial charge in [-0.05, 0) is 69.3 Å². The van der Waals surface area contributed by atoms with Gasteiger partial charge in [-0.15, -0.1) is 11.3 Å². The minimum absolute atomic E-state index is 0.424. The van der Waals surface area contributed by atoms with E-state index >= 15 is 0 Å². The molecule has 9 rings (SSSR count). The topological polar surface area (TPSA) is 12.0 Å². The highest BCUT2D eigenvalue weighted by molar-refractivity contribution is 7.25. The Morgan fingerprint density at radius 1 is 0.422 bits per heavy atom. The molecular weight excluding hydrogens is 563 g/mol. The maximum Gasteiger partial charge on any atom is 0.0714 e. The molecule has 1 heterocycles. The van der Waals surface area contributed by atoms with E-state index in [-0.39, 0.29) is 0 Å². The summed E-state index contributed by atoms with van der Waals surface area (Å²) in [6.07, 6.45) is 0. The van der Waals surface area contributed by atoms with E-state index in [1.807, 2.05) is 11.3 Å². The molecule has 1 aromatic heterocycles. The average Bonchev–Trinajstić information content (AvgIpc) is 3.63. The summed E-state index contributed by atoms with van der Waals surface area (Å²) in [4.78, 5) is 0. The van der Waals surface area contributed by atoms with Crippen LogP contribution in [0.3, 0.4) is 0 Å². The lowest BCUT2D eigenvalue weighted by molar-refractivity contribution is 0.769. The van der Waals surface area contributed by atoms with E-state index < -0.39 is 5.41 Å². The third-order valence-corrected chi connectivity index (χ3v) is 10.5. The number of rotatable bonds is 5. The van der Waals surface area contributed by atoms with Gasteiger partial charge in [-0.1, -0.05) is 140 Å². The number of nitrogens with one attached hydrogen (secondary N) is 1. The van der Waals surface area contributed by atoms with Crippen molar-refractivity contribution in [3.63, 3.8) is 0 Å². The van der Waals surface area contributed by atoms with Crippen molar-refractivity contribution in [1.29, 1.82) is 0 Å². The zero-order chi connectivity index (χ0) is 29.8. The number of anilines is 2. The molecule has 1 aliphatic carbocycles. The molecule has 0 radical (unpaired) electrons. The zero-order valence-corrected chi connectivity index (χ0v) is 25.4. The second-order valence-corrected chi connectivity index (χ2v) is 12.8. The lowest BCUT2D eigenvalue weighted by atomic mass is 9.67. The van der Waals surface area contributed by atoms with Crippen molar-refractivity contribution >= 4 is 42.9 Å². The van der Waals surface area contributed by atoms with Crippen LogP contribution in [0.25, 0.3) is 42.4 Å². The molecule has 0 saturated carbocycles. The molecule has 0 fully saturated rings. The minimum Gasteiger partial charge on any atom is -0.355 e. The summed E-state index contributed by atoms with van der Waals surface area (Å²) >= 11 is 1.86. The SMILES string of the molecule is c1ccc(C2(c3ccccc3)c3ccccc3-c3ccc(Nc4ccccc4-c4cccc5sc6ccccc6c45)cc32)cc1. The first-order valence-corrected chi connectivity index (χ1v) is 16.3. The van der Waals surface area contributed by atoms with E-state index in [1.54, 1.807) is 0 Å². The highest BCUT2D eigenvalue weighted by Gasteiger charge is 2.46. The molecule has 8 aromatic rings. The smallest absolute Gasteiger partial charge is 0.0714 e. The zero-order valence-electron chi connectivity index (χ0n) is 24.6. The van der Waals surface area contributed by atoms with Gasteiger partial charge in [0.05, 0.1) is 5.41 Å². The van der Waals surface area contributed by atoms with Crippen LogP contribution in [0.2, 0.25) is 0 Å². The molecule has 0 aliphatic heterocycles. The summed E-state index contributed by atoms with van der Waals surface area (Å²) in [5.41, 5.74) is 12.0. The van der Waals surface area contributed by atoms with E-state index in [1.165, 1.54) is 64.7 Å². The first-order valence-electron chi connectivity index (χ1n) is 15.4. The van der Waals surface area contributed by atoms with E-state index in [0.29, 0.717) is 0 Å². The molecular formula is C43H29NS. The van der Waals surface area contributed by atoms with E-state index in [9.17, 15) is 0 Å². The molecule has 1 aliphatic rings. The molecule has 1 nitrogen and oxygen atoms in total. The second kappa shape index (κ2) is 10.3. The van der Waals surface area contributed by atoms with Gasteiger partial charge in [-0.2, -0.15) is 0 Å². The Balaban J connectivity index is 1.24. The Morgan fingerprint density at radius 3 is 1.82 bits per heavy atom. The average molecular weight is 592 g/mol. The first-order chi connectivity index (χ1) is 22.3. The summed E-state index contributed by atoms with van der Waals surface area (Å²) in [6, 6.07) is 61.9. The highest BCUT2D eigenvalue weighted by Crippen LogP contribution is 2.56. The van der Waals surface area contributed by atoms with Crippen molar-refractivity contribution in [2.45, 2.75) is 5.41 Å². The van der Waals surface area contributed by atoms with Crippen LogP contribution in [-0.2, 0) is 5.41 Å². The molecule has 0 spiro atoms. The minimum atomic E-state index is -0.424. The molecule has 1 N–H and O–H groups in total. The molecule has 212 valence electrons. The lowest BCUT2D eigenvalue weighted by Crippen LogP contribution is -2.28. The van der Waals surface area contributed by atoms with Gasteiger partial charge in [0.15, 0.2) is 0 Å². The van der Waals surface area contributed by atoms with E-state index in [0.717, 1.165) is 11.4 Å². The second-order valence-electron chi connectivity index (χ2n) is 11.7. The van der Waals surface area contributed by atoms with Crippen LogP contribution >= 0.6 is 11.3 Å². The maximum atomic E-state index is 3.88. The highest BCUT2D eigenvalue weighted by atomic mass is 32.1. The summed E-state index contributed by atoms with van der Waals surface area (Å²) < 4.78 is 2.64. The van der Waals surface area contributed by atoms with Crippen LogP contribution in [0.5, 0.6) is 0 Å². The van der Waals surface area contributed by atoms with Crippen molar-refractivity contribution in [3.05, 3.63) is 192 Å². The number of para-hydroxylation sites is 1. The van der Waals surface area contributed by atoms with Gasteiger partial charge in [0.1, 0.15) is 0 Å². The van der Waals surface area contributed by atoms with Crippen LogP contribution in [0.15, 0.2) is 170 Å². The van der Waals surface area contributed by atoms with Crippen LogP contribution in [0.4, 0.5) is 11.4 Å². The number of hydrogen-bond donors (Lipinski definition) is 1. The predicted octanol–water partition coefficient (Wildman–Crippen LogP) is 11.8. The maximum absolute atomic E-state index is 3.88. The van der Waals surface area contributed by atoms with Crippen LogP contribution < -0.4 is 5.32 Å². The Kier molecular flexibility index (Phi) is 5.97. The molecule has 0 unspecified atom stereocenters. The van der Waals surface area contributed by atoms with Crippen molar-refractivity contribution in [2.24, 2.45) is 0 Å². The first kappa shape index (κ1) is 26.0. The normalized spacial score (nSPS) is 13.1. The molecule has 2 heteroatoms. The molecule has 0 saturated heterocycles. The molecule has 0 amide bonds. The van der Waals surface area contributed by atoms with Gasteiger partial charge in [-0.25, -0.2) is 0 Å². The standard InChI is InChI=1S/C43H29NS/c1-3-14-29(15-4-1)43(30-16-5-2-6-17-30)37-22-10-7-18-32(37)33-27-26-31(28-38(33)43)44-39-23-11-8-19-34(39)35-21-13-25-41-42(35)36-20-9-12-24-40(36)45-41/h1-28,44H. The summed E-state index contributed by atoms with van der Waals surface area (Å²) in [5, 5.41) is 6.51. The third-order valence-electron chi connectivity index (χ3n) is 9.36. The fourth-order valence-electron chi connectivity index (χ4n) is 7.50. The fourth-order valence-corrected chi connectivity index (χ4v) is 8.64.